The van der Waals surface area contributed by atoms with Crippen LogP contribution in [0.3, 0.4) is 0 Å². The van der Waals surface area contributed by atoms with Crippen molar-refractivity contribution < 1.29 is 4.52 Å². The summed E-state index contributed by atoms with van der Waals surface area (Å²) in [5.74, 6) is 0.719. The molecule has 6 heteroatoms. The van der Waals surface area contributed by atoms with E-state index >= 15 is 0 Å². The van der Waals surface area contributed by atoms with Gasteiger partial charge in [0, 0.05) is 35.6 Å². The molecule has 0 unspecified atom stereocenters. The molecular formula is C14H13BrN4O. The van der Waals surface area contributed by atoms with Crippen molar-refractivity contribution in [2.75, 3.05) is 6.54 Å². The zero-order valence-corrected chi connectivity index (χ0v) is 12.3. The van der Waals surface area contributed by atoms with Crippen LogP contribution in [0.25, 0.3) is 10.9 Å². The second-order valence-electron chi connectivity index (χ2n) is 4.38. The lowest BCUT2D eigenvalue weighted by molar-refractivity contribution is 0.409. The molecule has 3 rings (SSSR count). The minimum absolute atomic E-state index is 0.719. The van der Waals surface area contributed by atoms with Crippen LogP contribution in [0.15, 0.2) is 45.9 Å². The Labute approximate surface area is 124 Å². The predicted octanol–water partition coefficient (Wildman–Crippen LogP) is 2.71. The summed E-state index contributed by atoms with van der Waals surface area (Å²) in [6.45, 7) is 1.56. The molecule has 0 fully saturated rings. The molecule has 0 spiro atoms. The van der Waals surface area contributed by atoms with Crippen molar-refractivity contribution in [3.63, 3.8) is 0 Å². The first kappa shape index (κ1) is 13.2. The molecule has 0 aliphatic heterocycles. The van der Waals surface area contributed by atoms with E-state index in [0.717, 1.165) is 40.7 Å². The number of aromatic nitrogens is 3. The normalized spacial score (nSPS) is 11.1. The Morgan fingerprint density at radius 3 is 3.00 bits per heavy atom. The molecule has 0 saturated carbocycles. The quantitative estimate of drug-likeness (QED) is 0.728. The molecule has 102 valence electrons. The van der Waals surface area contributed by atoms with E-state index in [4.69, 9.17) is 4.52 Å². The third-order valence-corrected chi connectivity index (χ3v) is 3.74. The molecule has 0 radical (unpaired) electrons. The van der Waals surface area contributed by atoms with E-state index < -0.39 is 0 Å². The average molecular weight is 333 g/mol. The summed E-state index contributed by atoms with van der Waals surface area (Å²) in [5, 5.41) is 8.28. The Kier molecular flexibility index (Phi) is 4.03. The first-order chi connectivity index (χ1) is 9.84. The smallest absolute Gasteiger partial charge is 0.213 e. The third kappa shape index (κ3) is 2.86. The summed E-state index contributed by atoms with van der Waals surface area (Å²) >= 11 is 3.55. The van der Waals surface area contributed by atoms with Gasteiger partial charge in [0.1, 0.15) is 0 Å². The third-order valence-electron chi connectivity index (χ3n) is 3.05. The highest BCUT2D eigenvalue weighted by molar-refractivity contribution is 9.10. The Hall–Kier alpha value is -1.79. The fourth-order valence-corrected chi connectivity index (χ4v) is 2.52. The largest absolute Gasteiger partial charge is 0.343 e. The molecule has 0 bridgehead atoms. The van der Waals surface area contributed by atoms with Crippen LogP contribution in [0.5, 0.6) is 0 Å². The topological polar surface area (TPSA) is 63.8 Å². The summed E-state index contributed by atoms with van der Waals surface area (Å²) in [6.07, 6.45) is 3.91. The van der Waals surface area contributed by atoms with Gasteiger partial charge in [-0.2, -0.15) is 4.98 Å². The van der Waals surface area contributed by atoms with Crippen molar-refractivity contribution in [1.29, 1.82) is 0 Å². The maximum atomic E-state index is 4.70. The van der Waals surface area contributed by atoms with Crippen molar-refractivity contribution >= 4 is 26.8 Å². The van der Waals surface area contributed by atoms with Gasteiger partial charge in [-0.05, 0) is 17.7 Å². The maximum absolute atomic E-state index is 4.70. The number of pyridine rings is 1. The molecule has 0 aliphatic rings. The van der Waals surface area contributed by atoms with Crippen LogP contribution < -0.4 is 5.32 Å². The minimum Gasteiger partial charge on any atom is -0.343 e. The van der Waals surface area contributed by atoms with E-state index in [-0.39, 0.29) is 0 Å². The first-order valence-electron chi connectivity index (χ1n) is 6.32. The number of halogens is 1. The monoisotopic (exact) mass is 332 g/mol. The average Bonchev–Trinajstić information content (AvgIpc) is 2.99. The standard InChI is InChI=1S/C14H13BrN4O/c15-12-4-3-10(14-11(12)2-1-6-17-14)8-16-7-5-13-18-9-20-19-13/h1-4,6,9,16H,5,7-8H2. The van der Waals surface area contributed by atoms with Crippen molar-refractivity contribution in [3.05, 3.63) is 52.7 Å². The van der Waals surface area contributed by atoms with Crippen molar-refractivity contribution in [1.82, 2.24) is 20.4 Å². The van der Waals surface area contributed by atoms with Gasteiger partial charge in [-0.15, -0.1) is 0 Å². The van der Waals surface area contributed by atoms with Gasteiger partial charge >= 0.3 is 0 Å². The summed E-state index contributed by atoms with van der Waals surface area (Å²) in [5.41, 5.74) is 2.20. The highest BCUT2D eigenvalue weighted by Gasteiger charge is 2.05. The van der Waals surface area contributed by atoms with Crippen molar-refractivity contribution in [2.45, 2.75) is 13.0 Å². The van der Waals surface area contributed by atoms with E-state index in [0.29, 0.717) is 0 Å². The van der Waals surface area contributed by atoms with Crippen LogP contribution in [-0.2, 0) is 13.0 Å². The molecular weight excluding hydrogens is 320 g/mol. The summed E-state index contributed by atoms with van der Waals surface area (Å²) < 4.78 is 5.76. The molecule has 2 aromatic heterocycles. The summed E-state index contributed by atoms with van der Waals surface area (Å²) in [7, 11) is 0. The first-order valence-corrected chi connectivity index (χ1v) is 7.12. The lowest BCUT2D eigenvalue weighted by Gasteiger charge is -2.08. The highest BCUT2D eigenvalue weighted by atomic mass is 79.9. The van der Waals surface area contributed by atoms with Crippen LogP contribution in [0.1, 0.15) is 11.4 Å². The van der Waals surface area contributed by atoms with E-state index in [2.05, 4.69) is 54.6 Å². The number of fused-ring (bicyclic) bond motifs is 1. The molecule has 0 saturated heterocycles. The van der Waals surface area contributed by atoms with Gasteiger partial charge < -0.3 is 9.84 Å². The number of rotatable bonds is 5. The van der Waals surface area contributed by atoms with E-state index in [1.54, 1.807) is 0 Å². The number of hydrogen-bond acceptors (Lipinski definition) is 5. The zero-order chi connectivity index (χ0) is 13.8. The molecule has 3 aromatic rings. The maximum Gasteiger partial charge on any atom is 0.213 e. The van der Waals surface area contributed by atoms with Gasteiger partial charge in [0.2, 0.25) is 6.39 Å². The van der Waals surface area contributed by atoms with Crippen LogP contribution >= 0.6 is 15.9 Å². The molecule has 1 aromatic carbocycles. The molecule has 1 N–H and O–H groups in total. The second-order valence-corrected chi connectivity index (χ2v) is 5.23. The Morgan fingerprint density at radius 2 is 2.15 bits per heavy atom. The number of hydrogen-bond donors (Lipinski definition) is 1. The Balaban J connectivity index is 1.67. The van der Waals surface area contributed by atoms with Crippen LogP contribution in [0.4, 0.5) is 0 Å². The number of nitrogens with zero attached hydrogens (tertiary/aromatic N) is 3. The van der Waals surface area contributed by atoms with Crippen LogP contribution in [-0.4, -0.2) is 21.7 Å². The lowest BCUT2D eigenvalue weighted by atomic mass is 10.1. The van der Waals surface area contributed by atoms with Crippen LogP contribution in [0.2, 0.25) is 0 Å². The molecule has 5 nitrogen and oxygen atoms in total. The molecule has 0 aliphatic carbocycles. The number of nitrogens with one attached hydrogen (secondary N) is 1. The zero-order valence-electron chi connectivity index (χ0n) is 10.7. The lowest BCUT2D eigenvalue weighted by Crippen LogP contribution is -2.17. The Bertz CT molecular complexity index is 699. The molecule has 0 amide bonds. The molecule has 20 heavy (non-hydrogen) atoms. The molecule has 2 heterocycles. The van der Waals surface area contributed by atoms with Crippen LogP contribution in [0, 0.1) is 0 Å². The van der Waals surface area contributed by atoms with Gasteiger partial charge in [-0.25, -0.2) is 0 Å². The fraction of sp³-hybridized carbons (Fsp3) is 0.214. The van der Waals surface area contributed by atoms with E-state index in [1.807, 2.05) is 12.3 Å². The van der Waals surface area contributed by atoms with Gasteiger partial charge in [0.05, 0.1) is 5.52 Å². The van der Waals surface area contributed by atoms with E-state index in [1.165, 1.54) is 12.0 Å². The van der Waals surface area contributed by atoms with Gasteiger partial charge in [-0.1, -0.05) is 33.2 Å². The minimum atomic E-state index is 0.719. The summed E-state index contributed by atoms with van der Waals surface area (Å²) in [6, 6.07) is 8.15. The van der Waals surface area contributed by atoms with Gasteiger partial charge in [0.15, 0.2) is 5.82 Å². The van der Waals surface area contributed by atoms with Gasteiger partial charge in [-0.3, -0.25) is 4.98 Å². The van der Waals surface area contributed by atoms with Crippen molar-refractivity contribution in [3.8, 4) is 0 Å². The van der Waals surface area contributed by atoms with Crippen molar-refractivity contribution in [2.24, 2.45) is 0 Å². The predicted molar refractivity (Wildman–Crippen MR) is 79.2 cm³/mol. The highest BCUT2D eigenvalue weighted by Crippen LogP contribution is 2.24. The number of benzene rings is 1. The Morgan fingerprint density at radius 1 is 1.20 bits per heavy atom. The fourth-order valence-electron chi connectivity index (χ4n) is 2.06. The summed E-state index contributed by atoms with van der Waals surface area (Å²) in [4.78, 5) is 8.45. The molecule has 0 atom stereocenters. The van der Waals surface area contributed by atoms with E-state index in [9.17, 15) is 0 Å². The van der Waals surface area contributed by atoms with Gasteiger partial charge in [0.25, 0.3) is 0 Å². The SMILES string of the molecule is Brc1ccc(CNCCc2ncon2)c2ncccc12. The second kappa shape index (κ2) is 6.11.